The molecule has 0 unspecified atom stereocenters. The van der Waals surface area contributed by atoms with Crippen molar-refractivity contribution in [2.24, 2.45) is 0 Å². The number of imide groups is 1. The number of hydrogen-bond donors (Lipinski definition) is 0. The lowest BCUT2D eigenvalue weighted by molar-refractivity contribution is -0.137. The molecule has 3 heterocycles. The number of amides is 3. The summed E-state index contributed by atoms with van der Waals surface area (Å²) >= 11 is 2.26. The number of sulfone groups is 1. The first kappa shape index (κ1) is 19.1. The Bertz CT molecular complexity index is 860. The molecule has 7 nitrogen and oxygen atoms in total. The van der Waals surface area contributed by atoms with E-state index in [1.54, 1.807) is 13.0 Å². The lowest BCUT2D eigenvalue weighted by Gasteiger charge is -2.28. The van der Waals surface area contributed by atoms with Crippen molar-refractivity contribution in [2.45, 2.75) is 19.4 Å². The zero-order chi connectivity index (χ0) is 18.9. The molecule has 2 fully saturated rings. The molecule has 0 saturated carbocycles. The standard InChI is InChI=1S/C16H18N2O5S3/c1-2-17(11-5-7-26(22,23)10-11)14(19)9-18-15(20)13(25-16(18)21)8-12-4-3-6-24-12/h3-4,6,8,11H,2,5,7,9-10H2,1H3/b13-8+/t11-/m0/s1. The third-order valence-corrected chi connectivity index (χ3v) is 7.77. The van der Waals surface area contributed by atoms with Crippen molar-refractivity contribution in [1.29, 1.82) is 0 Å². The van der Waals surface area contributed by atoms with Crippen LogP contribution in [0.25, 0.3) is 6.08 Å². The SMILES string of the molecule is CCN(C(=O)CN1C(=O)S/C(=C/c2cccs2)C1=O)[C@H]1CCS(=O)(=O)C1. The zero-order valence-corrected chi connectivity index (χ0v) is 16.5. The second-order valence-electron chi connectivity index (χ2n) is 6.02. The predicted octanol–water partition coefficient (Wildman–Crippen LogP) is 1.82. The first-order valence-corrected chi connectivity index (χ1v) is 11.6. The summed E-state index contributed by atoms with van der Waals surface area (Å²) in [6.07, 6.45) is 2.03. The van der Waals surface area contributed by atoms with E-state index >= 15 is 0 Å². The summed E-state index contributed by atoms with van der Waals surface area (Å²) in [7, 11) is -3.12. The highest BCUT2D eigenvalue weighted by atomic mass is 32.2. The lowest BCUT2D eigenvalue weighted by atomic mass is 10.2. The van der Waals surface area contributed by atoms with E-state index in [0.29, 0.717) is 13.0 Å². The lowest BCUT2D eigenvalue weighted by Crippen LogP contribution is -2.47. The molecule has 1 aromatic rings. The van der Waals surface area contributed by atoms with Crippen LogP contribution in [0.15, 0.2) is 22.4 Å². The number of carbonyl (C=O) groups is 3. The molecule has 0 spiro atoms. The van der Waals surface area contributed by atoms with Gasteiger partial charge in [-0.3, -0.25) is 19.3 Å². The van der Waals surface area contributed by atoms with Gasteiger partial charge in [0.05, 0.1) is 16.4 Å². The molecule has 10 heteroatoms. The van der Waals surface area contributed by atoms with E-state index < -0.39 is 26.9 Å². The van der Waals surface area contributed by atoms with Gasteiger partial charge < -0.3 is 4.90 Å². The van der Waals surface area contributed by atoms with Gasteiger partial charge in [-0.05, 0) is 42.6 Å². The highest BCUT2D eigenvalue weighted by Gasteiger charge is 2.39. The molecule has 140 valence electrons. The van der Waals surface area contributed by atoms with Crippen molar-refractivity contribution in [3.8, 4) is 0 Å². The van der Waals surface area contributed by atoms with E-state index in [0.717, 1.165) is 21.5 Å². The molecular weight excluding hydrogens is 396 g/mol. The van der Waals surface area contributed by atoms with Gasteiger partial charge in [-0.25, -0.2) is 8.42 Å². The van der Waals surface area contributed by atoms with Crippen molar-refractivity contribution in [2.75, 3.05) is 24.6 Å². The molecule has 0 aromatic carbocycles. The summed E-state index contributed by atoms with van der Waals surface area (Å²) in [6, 6.07) is 3.29. The van der Waals surface area contributed by atoms with Crippen LogP contribution in [0.2, 0.25) is 0 Å². The molecule has 1 atom stereocenters. The summed E-state index contributed by atoms with van der Waals surface area (Å²) < 4.78 is 23.3. The fraction of sp³-hybridized carbons (Fsp3) is 0.438. The minimum absolute atomic E-state index is 0.0621. The highest BCUT2D eigenvalue weighted by Crippen LogP contribution is 2.33. The van der Waals surface area contributed by atoms with E-state index in [1.807, 2.05) is 17.5 Å². The van der Waals surface area contributed by atoms with Gasteiger partial charge in [-0.15, -0.1) is 11.3 Å². The van der Waals surface area contributed by atoms with Crippen LogP contribution < -0.4 is 0 Å². The average molecular weight is 415 g/mol. The molecule has 2 saturated heterocycles. The molecule has 3 amide bonds. The molecule has 0 aliphatic carbocycles. The molecule has 3 rings (SSSR count). The van der Waals surface area contributed by atoms with E-state index in [2.05, 4.69) is 0 Å². The number of hydrogen-bond acceptors (Lipinski definition) is 7. The molecule has 2 aliphatic rings. The Kier molecular flexibility index (Phi) is 5.54. The van der Waals surface area contributed by atoms with Gasteiger partial charge in [0.2, 0.25) is 5.91 Å². The van der Waals surface area contributed by atoms with Gasteiger partial charge in [-0.2, -0.15) is 0 Å². The first-order valence-electron chi connectivity index (χ1n) is 8.09. The smallest absolute Gasteiger partial charge is 0.294 e. The van der Waals surface area contributed by atoms with E-state index in [-0.39, 0.29) is 29.0 Å². The number of likely N-dealkylation sites (N-methyl/N-ethyl adjacent to an activating group) is 1. The number of nitrogens with zero attached hydrogens (tertiary/aromatic N) is 2. The summed E-state index contributed by atoms with van der Waals surface area (Å²) in [6.45, 7) is 1.73. The molecule has 26 heavy (non-hydrogen) atoms. The van der Waals surface area contributed by atoms with Crippen LogP contribution >= 0.6 is 23.1 Å². The summed E-state index contributed by atoms with van der Waals surface area (Å²) in [5.74, 6) is -0.898. The van der Waals surface area contributed by atoms with Crippen molar-refractivity contribution in [3.63, 3.8) is 0 Å². The molecule has 0 N–H and O–H groups in total. The molecular formula is C16H18N2O5S3. The number of thiophene rings is 1. The Morgan fingerprint density at radius 2 is 2.19 bits per heavy atom. The van der Waals surface area contributed by atoms with E-state index in [9.17, 15) is 22.8 Å². The van der Waals surface area contributed by atoms with Gasteiger partial charge in [0.15, 0.2) is 9.84 Å². The average Bonchev–Trinajstić information content (AvgIpc) is 3.26. The maximum atomic E-state index is 12.6. The van der Waals surface area contributed by atoms with Crippen LogP contribution in [0.5, 0.6) is 0 Å². The van der Waals surface area contributed by atoms with Crippen molar-refractivity contribution in [1.82, 2.24) is 9.80 Å². The van der Waals surface area contributed by atoms with Crippen molar-refractivity contribution in [3.05, 3.63) is 27.3 Å². The zero-order valence-electron chi connectivity index (χ0n) is 14.1. The highest BCUT2D eigenvalue weighted by molar-refractivity contribution is 8.18. The Hall–Kier alpha value is -1.65. The normalized spacial score (nSPS) is 23.8. The minimum Gasteiger partial charge on any atom is -0.337 e. The van der Waals surface area contributed by atoms with Crippen LogP contribution in [0.4, 0.5) is 4.79 Å². The second-order valence-corrected chi connectivity index (χ2v) is 10.2. The quantitative estimate of drug-likeness (QED) is 0.683. The Balaban J connectivity index is 1.70. The third-order valence-electron chi connectivity index (χ3n) is 4.29. The largest absolute Gasteiger partial charge is 0.337 e. The maximum Gasteiger partial charge on any atom is 0.294 e. The van der Waals surface area contributed by atoms with E-state index in [4.69, 9.17) is 0 Å². The number of thioether (sulfide) groups is 1. The van der Waals surface area contributed by atoms with E-state index in [1.165, 1.54) is 16.2 Å². The van der Waals surface area contributed by atoms with Crippen LogP contribution in [-0.4, -0.2) is 65.9 Å². The third kappa shape index (κ3) is 4.02. The number of rotatable bonds is 5. The van der Waals surface area contributed by atoms with Gasteiger partial charge in [0, 0.05) is 17.5 Å². The van der Waals surface area contributed by atoms with Crippen LogP contribution in [0, 0.1) is 0 Å². The van der Waals surface area contributed by atoms with Crippen molar-refractivity contribution >= 4 is 56.1 Å². The molecule has 0 radical (unpaired) electrons. The van der Waals surface area contributed by atoms with Gasteiger partial charge >= 0.3 is 0 Å². The molecule has 2 aliphatic heterocycles. The van der Waals surface area contributed by atoms with Crippen molar-refractivity contribution < 1.29 is 22.8 Å². The second kappa shape index (κ2) is 7.53. The molecule has 0 bridgehead atoms. The topological polar surface area (TPSA) is 91.8 Å². The Morgan fingerprint density at radius 1 is 1.42 bits per heavy atom. The van der Waals surface area contributed by atoms with Gasteiger partial charge in [0.25, 0.3) is 11.1 Å². The molecule has 1 aromatic heterocycles. The maximum absolute atomic E-state index is 12.6. The monoisotopic (exact) mass is 414 g/mol. The Labute approximate surface area is 160 Å². The van der Waals surface area contributed by atoms with Crippen LogP contribution in [0.3, 0.4) is 0 Å². The first-order chi connectivity index (χ1) is 12.3. The fourth-order valence-electron chi connectivity index (χ4n) is 3.02. The summed E-state index contributed by atoms with van der Waals surface area (Å²) in [4.78, 5) is 40.8. The van der Waals surface area contributed by atoms with Crippen LogP contribution in [0.1, 0.15) is 18.2 Å². The summed E-state index contributed by atoms with van der Waals surface area (Å²) in [5, 5.41) is 1.38. The van der Waals surface area contributed by atoms with Gasteiger partial charge in [0.1, 0.15) is 6.54 Å². The number of carbonyl (C=O) groups excluding carboxylic acids is 3. The Morgan fingerprint density at radius 3 is 2.77 bits per heavy atom. The minimum atomic E-state index is -3.12. The summed E-state index contributed by atoms with van der Waals surface area (Å²) in [5.41, 5.74) is 0. The predicted molar refractivity (Wildman–Crippen MR) is 101 cm³/mol. The fourth-order valence-corrected chi connectivity index (χ4v) is 6.32. The van der Waals surface area contributed by atoms with Crippen LogP contribution in [-0.2, 0) is 19.4 Å². The van der Waals surface area contributed by atoms with Gasteiger partial charge in [-0.1, -0.05) is 6.07 Å².